The Balaban J connectivity index is 1.92. The van der Waals surface area contributed by atoms with E-state index in [0.717, 1.165) is 16.6 Å². The number of nitrogens with one attached hydrogen (secondary N) is 3. The van der Waals surface area contributed by atoms with Crippen molar-refractivity contribution in [2.45, 2.75) is 0 Å². The lowest BCUT2D eigenvalue weighted by molar-refractivity contribution is 0.102. The van der Waals surface area contributed by atoms with Crippen LogP contribution >= 0.6 is 11.6 Å². The maximum atomic E-state index is 11.9. The lowest BCUT2D eigenvalue weighted by atomic mass is 10.2. The van der Waals surface area contributed by atoms with E-state index in [0.29, 0.717) is 5.15 Å². The molecule has 6 heteroatoms. The van der Waals surface area contributed by atoms with Gasteiger partial charge in [-0.3, -0.25) is 9.89 Å². The van der Waals surface area contributed by atoms with Crippen molar-refractivity contribution >= 4 is 34.1 Å². The molecule has 2 heterocycles. The van der Waals surface area contributed by atoms with Gasteiger partial charge in [-0.1, -0.05) is 17.7 Å². The van der Waals surface area contributed by atoms with Crippen molar-refractivity contribution in [3.8, 4) is 0 Å². The molecule has 1 aromatic carbocycles. The summed E-state index contributed by atoms with van der Waals surface area (Å²) in [5, 5.41) is 10.4. The molecule has 0 aliphatic carbocycles. The fraction of sp³-hybridized carbons (Fsp3) is 0. The molecular formula is C12H9ClN4O. The third-order valence-corrected chi connectivity index (χ3v) is 2.82. The topological polar surface area (TPSA) is 73.6 Å². The van der Waals surface area contributed by atoms with Gasteiger partial charge in [-0.15, -0.1) is 0 Å². The van der Waals surface area contributed by atoms with Crippen molar-refractivity contribution in [1.29, 1.82) is 0 Å². The number of halogens is 1. The van der Waals surface area contributed by atoms with Gasteiger partial charge in [0.05, 0.1) is 5.69 Å². The van der Waals surface area contributed by atoms with Gasteiger partial charge >= 0.3 is 0 Å². The first-order valence-corrected chi connectivity index (χ1v) is 5.70. The van der Waals surface area contributed by atoms with Crippen molar-refractivity contribution in [3.05, 3.63) is 47.4 Å². The van der Waals surface area contributed by atoms with Crippen molar-refractivity contribution in [2.75, 3.05) is 5.32 Å². The summed E-state index contributed by atoms with van der Waals surface area (Å²) < 4.78 is 0. The second-order valence-corrected chi connectivity index (χ2v) is 4.21. The molecule has 0 atom stereocenters. The highest BCUT2D eigenvalue weighted by atomic mass is 35.5. The maximum absolute atomic E-state index is 11.9. The number of rotatable bonds is 2. The molecule has 0 unspecified atom stereocenters. The van der Waals surface area contributed by atoms with Crippen LogP contribution in [-0.2, 0) is 0 Å². The zero-order chi connectivity index (χ0) is 12.5. The lowest BCUT2D eigenvalue weighted by Gasteiger charge is -2.04. The largest absolute Gasteiger partial charge is 0.361 e. The summed E-state index contributed by atoms with van der Waals surface area (Å²) in [7, 11) is 0. The van der Waals surface area contributed by atoms with E-state index in [-0.39, 0.29) is 11.6 Å². The molecule has 0 radical (unpaired) electrons. The standard InChI is InChI=1S/C12H9ClN4O/c13-11-6-10(16-17-11)12(18)15-9-3-1-2-8-7(9)4-5-14-8/h1-6,14H,(H,15,18)(H,16,17). The van der Waals surface area contributed by atoms with E-state index in [1.807, 2.05) is 30.5 Å². The quantitative estimate of drug-likeness (QED) is 0.663. The van der Waals surface area contributed by atoms with Crippen molar-refractivity contribution in [2.24, 2.45) is 0 Å². The number of carbonyl (C=O) groups is 1. The Kier molecular flexibility index (Phi) is 2.53. The minimum Gasteiger partial charge on any atom is -0.361 e. The number of fused-ring (bicyclic) bond motifs is 1. The van der Waals surface area contributed by atoms with E-state index in [1.165, 1.54) is 6.07 Å². The molecule has 90 valence electrons. The van der Waals surface area contributed by atoms with Gasteiger partial charge in [0.2, 0.25) is 0 Å². The van der Waals surface area contributed by atoms with E-state index in [2.05, 4.69) is 20.5 Å². The Morgan fingerprint density at radius 1 is 1.33 bits per heavy atom. The van der Waals surface area contributed by atoms with Crippen LogP contribution in [0.3, 0.4) is 0 Å². The van der Waals surface area contributed by atoms with Crippen LogP contribution < -0.4 is 5.32 Å². The molecule has 1 amide bonds. The molecule has 2 aromatic heterocycles. The Bertz CT molecular complexity index is 716. The Morgan fingerprint density at radius 2 is 2.22 bits per heavy atom. The van der Waals surface area contributed by atoms with Crippen LogP contribution in [0.1, 0.15) is 10.5 Å². The van der Waals surface area contributed by atoms with Crippen LogP contribution in [-0.4, -0.2) is 21.1 Å². The minimum atomic E-state index is -0.299. The molecule has 0 fully saturated rings. The van der Waals surface area contributed by atoms with Crippen molar-refractivity contribution < 1.29 is 4.79 Å². The Labute approximate surface area is 107 Å². The number of benzene rings is 1. The van der Waals surface area contributed by atoms with Crippen LogP contribution in [0.4, 0.5) is 5.69 Å². The maximum Gasteiger partial charge on any atom is 0.276 e. The molecular weight excluding hydrogens is 252 g/mol. The number of aromatic amines is 2. The fourth-order valence-electron chi connectivity index (χ4n) is 1.80. The molecule has 3 aromatic rings. The summed E-state index contributed by atoms with van der Waals surface area (Å²) in [5.41, 5.74) is 1.96. The molecule has 3 rings (SSSR count). The summed E-state index contributed by atoms with van der Waals surface area (Å²) in [6.07, 6.45) is 1.83. The van der Waals surface area contributed by atoms with Crippen LogP contribution in [0, 0.1) is 0 Å². The molecule has 0 spiro atoms. The molecule has 0 aliphatic rings. The summed E-state index contributed by atoms with van der Waals surface area (Å²) in [4.78, 5) is 15.0. The van der Waals surface area contributed by atoms with E-state index >= 15 is 0 Å². The predicted octanol–water partition coefficient (Wildman–Crippen LogP) is 2.80. The highest BCUT2D eigenvalue weighted by molar-refractivity contribution is 6.29. The number of anilines is 1. The van der Waals surface area contributed by atoms with Crippen LogP contribution in [0.25, 0.3) is 10.9 Å². The van der Waals surface area contributed by atoms with E-state index < -0.39 is 0 Å². The van der Waals surface area contributed by atoms with Crippen LogP contribution in [0.15, 0.2) is 36.5 Å². The van der Waals surface area contributed by atoms with E-state index in [1.54, 1.807) is 0 Å². The monoisotopic (exact) mass is 260 g/mol. The number of aromatic nitrogens is 3. The second kappa shape index (κ2) is 4.19. The summed E-state index contributed by atoms with van der Waals surface area (Å²) >= 11 is 5.68. The van der Waals surface area contributed by atoms with Crippen LogP contribution in [0.5, 0.6) is 0 Å². The van der Waals surface area contributed by atoms with Gasteiger partial charge in [-0.25, -0.2) is 0 Å². The average molecular weight is 261 g/mol. The third kappa shape index (κ3) is 1.84. The number of hydrogen-bond acceptors (Lipinski definition) is 2. The Morgan fingerprint density at radius 3 is 3.00 bits per heavy atom. The number of H-pyrrole nitrogens is 2. The number of carbonyl (C=O) groups excluding carboxylic acids is 1. The van der Waals surface area contributed by atoms with Gasteiger partial charge in [0.1, 0.15) is 5.15 Å². The average Bonchev–Trinajstić information content (AvgIpc) is 2.97. The van der Waals surface area contributed by atoms with Crippen LogP contribution in [0.2, 0.25) is 5.15 Å². The number of nitrogens with zero attached hydrogens (tertiary/aromatic N) is 1. The normalized spacial score (nSPS) is 10.7. The molecule has 18 heavy (non-hydrogen) atoms. The molecule has 0 saturated carbocycles. The first kappa shape index (κ1) is 10.9. The molecule has 0 aliphatic heterocycles. The zero-order valence-electron chi connectivity index (χ0n) is 9.20. The van der Waals surface area contributed by atoms with Gasteiger partial charge in [-0.05, 0) is 18.2 Å². The first-order chi connectivity index (χ1) is 8.74. The number of amides is 1. The zero-order valence-corrected chi connectivity index (χ0v) is 9.95. The second-order valence-electron chi connectivity index (χ2n) is 3.80. The van der Waals surface area contributed by atoms with Gasteiger partial charge < -0.3 is 10.3 Å². The summed E-state index contributed by atoms with van der Waals surface area (Å²) in [6, 6.07) is 9.03. The third-order valence-electron chi connectivity index (χ3n) is 2.62. The smallest absolute Gasteiger partial charge is 0.276 e. The number of hydrogen-bond donors (Lipinski definition) is 3. The van der Waals surface area contributed by atoms with Gasteiger partial charge in [-0.2, -0.15) is 5.10 Å². The first-order valence-electron chi connectivity index (χ1n) is 5.32. The Hall–Kier alpha value is -2.27. The predicted molar refractivity (Wildman–Crippen MR) is 69.8 cm³/mol. The van der Waals surface area contributed by atoms with Gasteiger partial charge in [0.15, 0.2) is 5.69 Å². The van der Waals surface area contributed by atoms with Gasteiger partial charge in [0.25, 0.3) is 5.91 Å². The van der Waals surface area contributed by atoms with E-state index in [4.69, 9.17) is 11.6 Å². The molecule has 0 bridgehead atoms. The molecule has 3 N–H and O–H groups in total. The minimum absolute atomic E-state index is 0.257. The van der Waals surface area contributed by atoms with E-state index in [9.17, 15) is 4.79 Å². The van der Waals surface area contributed by atoms with Gasteiger partial charge in [0, 0.05) is 23.2 Å². The highest BCUT2D eigenvalue weighted by Crippen LogP contribution is 2.22. The fourth-order valence-corrected chi connectivity index (χ4v) is 1.94. The highest BCUT2D eigenvalue weighted by Gasteiger charge is 2.11. The van der Waals surface area contributed by atoms with Crippen molar-refractivity contribution in [1.82, 2.24) is 15.2 Å². The SMILES string of the molecule is O=C(Nc1cccc2[nH]ccc12)c1cc(Cl)[nH]n1. The summed E-state index contributed by atoms with van der Waals surface area (Å²) in [5.74, 6) is -0.299. The molecule has 5 nitrogen and oxygen atoms in total. The lowest BCUT2D eigenvalue weighted by Crippen LogP contribution is -2.12. The van der Waals surface area contributed by atoms with Crippen molar-refractivity contribution in [3.63, 3.8) is 0 Å². The molecule has 0 saturated heterocycles. The summed E-state index contributed by atoms with van der Waals surface area (Å²) in [6.45, 7) is 0.